The number of aromatic amines is 1. The minimum absolute atomic E-state index is 0.139. The van der Waals surface area contributed by atoms with Crippen LogP contribution in [0.2, 0.25) is 0 Å². The fourth-order valence-electron chi connectivity index (χ4n) is 2.03. The summed E-state index contributed by atoms with van der Waals surface area (Å²) in [5.74, 6) is -0.278. The number of nitrogens with one attached hydrogen (secondary N) is 1. The van der Waals surface area contributed by atoms with E-state index in [4.69, 9.17) is 5.26 Å². The molecule has 0 amide bonds. The van der Waals surface area contributed by atoms with Gasteiger partial charge in [-0.15, -0.1) is 0 Å². The molecule has 5 nitrogen and oxygen atoms in total. The molecule has 0 atom stereocenters. The summed E-state index contributed by atoms with van der Waals surface area (Å²) in [4.78, 5) is 25.0. The molecule has 0 unspecified atom stereocenters. The zero-order valence-corrected chi connectivity index (χ0v) is 11.0. The van der Waals surface area contributed by atoms with Gasteiger partial charge in [-0.05, 0) is 30.5 Å². The van der Waals surface area contributed by atoms with E-state index in [1.165, 1.54) is 10.8 Å². The lowest BCUT2D eigenvalue weighted by Gasteiger charge is -2.09. The number of halogens is 1. The van der Waals surface area contributed by atoms with Crippen molar-refractivity contribution >= 4 is 0 Å². The highest BCUT2D eigenvalue weighted by molar-refractivity contribution is 5.31. The van der Waals surface area contributed by atoms with E-state index in [1.807, 2.05) is 0 Å². The molecule has 1 aromatic heterocycles. The molecule has 1 N–H and O–H groups in total. The van der Waals surface area contributed by atoms with Crippen molar-refractivity contribution in [3.8, 4) is 6.07 Å². The normalized spacial score (nSPS) is 10.3. The third-order valence-electron chi connectivity index (χ3n) is 2.98. The Hall–Kier alpha value is -2.68. The van der Waals surface area contributed by atoms with Gasteiger partial charge in [0.25, 0.3) is 5.56 Å². The van der Waals surface area contributed by atoms with E-state index in [2.05, 4.69) is 4.98 Å². The van der Waals surface area contributed by atoms with Crippen molar-refractivity contribution < 1.29 is 4.39 Å². The van der Waals surface area contributed by atoms with Crippen molar-refractivity contribution in [2.45, 2.75) is 20.4 Å². The van der Waals surface area contributed by atoms with Crippen LogP contribution >= 0.6 is 0 Å². The maximum atomic E-state index is 13.5. The van der Waals surface area contributed by atoms with Gasteiger partial charge in [-0.2, -0.15) is 5.26 Å². The number of nitriles is 1. The largest absolute Gasteiger partial charge is 0.328 e. The van der Waals surface area contributed by atoms with Crippen molar-refractivity contribution in [3.05, 3.63) is 67.2 Å². The van der Waals surface area contributed by atoms with E-state index in [0.717, 1.165) is 5.56 Å². The second kappa shape index (κ2) is 5.13. The van der Waals surface area contributed by atoms with E-state index in [-0.39, 0.29) is 17.9 Å². The third kappa shape index (κ3) is 2.52. The van der Waals surface area contributed by atoms with E-state index in [0.29, 0.717) is 11.1 Å². The Labute approximate surface area is 113 Å². The lowest BCUT2D eigenvalue weighted by molar-refractivity contribution is 0.606. The lowest BCUT2D eigenvalue weighted by Crippen LogP contribution is -2.31. The van der Waals surface area contributed by atoms with Gasteiger partial charge in [0.2, 0.25) is 0 Å². The molecule has 1 aromatic carbocycles. The van der Waals surface area contributed by atoms with Crippen LogP contribution in [0.25, 0.3) is 0 Å². The number of aryl methyl sites for hydroxylation is 2. The number of nitrogens with zero attached hydrogens (tertiary/aromatic N) is 2. The van der Waals surface area contributed by atoms with Gasteiger partial charge < -0.3 is 0 Å². The number of hydrogen-bond acceptors (Lipinski definition) is 3. The summed E-state index contributed by atoms with van der Waals surface area (Å²) in [7, 11) is 0. The molecule has 0 bridgehead atoms. The zero-order chi connectivity index (χ0) is 14.9. The number of rotatable bonds is 2. The standard InChI is InChI=1S/C14H12FN3O2/c1-8-3-10(4-9(2)12(8)15)6-18-7-11(5-16)13(19)17-14(18)20/h3-4,7H,6H2,1-2H3,(H,17,19,20). The zero-order valence-electron chi connectivity index (χ0n) is 11.0. The van der Waals surface area contributed by atoms with Crippen LogP contribution in [-0.2, 0) is 6.54 Å². The second-order valence-corrected chi connectivity index (χ2v) is 4.59. The molecule has 2 rings (SSSR count). The maximum Gasteiger partial charge on any atom is 0.328 e. The molecule has 1 heterocycles. The highest BCUT2D eigenvalue weighted by Crippen LogP contribution is 2.15. The summed E-state index contributed by atoms with van der Waals surface area (Å²) in [6.07, 6.45) is 1.20. The van der Waals surface area contributed by atoms with Crippen LogP contribution in [0.5, 0.6) is 0 Å². The van der Waals surface area contributed by atoms with Crippen LogP contribution in [0.4, 0.5) is 4.39 Å². The molecular weight excluding hydrogens is 261 g/mol. The highest BCUT2D eigenvalue weighted by Gasteiger charge is 2.08. The molecule has 0 saturated heterocycles. The Kier molecular flexibility index (Phi) is 3.53. The molecule has 0 saturated carbocycles. The Bertz CT molecular complexity index is 805. The van der Waals surface area contributed by atoms with Gasteiger partial charge in [-0.3, -0.25) is 14.3 Å². The summed E-state index contributed by atoms with van der Waals surface area (Å²) < 4.78 is 14.8. The molecule has 0 aliphatic heterocycles. The molecule has 0 aliphatic rings. The first-order valence-corrected chi connectivity index (χ1v) is 5.92. The average molecular weight is 273 g/mol. The lowest BCUT2D eigenvalue weighted by atomic mass is 10.1. The predicted molar refractivity (Wildman–Crippen MR) is 71.0 cm³/mol. The molecule has 0 aliphatic carbocycles. The van der Waals surface area contributed by atoms with Gasteiger partial charge in [0.1, 0.15) is 17.4 Å². The van der Waals surface area contributed by atoms with Crippen LogP contribution in [-0.4, -0.2) is 9.55 Å². The Morgan fingerprint density at radius 1 is 1.30 bits per heavy atom. The minimum atomic E-state index is -0.708. The van der Waals surface area contributed by atoms with E-state index in [9.17, 15) is 14.0 Å². The molecule has 0 radical (unpaired) electrons. The van der Waals surface area contributed by atoms with Crippen LogP contribution < -0.4 is 11.2 Å². The van der Waals surface area contributed by atoms with Crippen LogP contribution in [0.15, 0.2) is 27.9 Å². The maximum absolute atomic E-state index is 13.5. The van der Waals surface area contributed by atoms with E-state index in [1.54, 1.807) is 32.0 Å². The first-order chi connectivity index (χ1) is 9.42. The quantitative estimate of drug-likeness (QED) is 0.893. The third-order valence-corrected chi connectivity index (χ3v) is 2.98. The molecule has 20 heavy (non-hydrogen) atoms. The minimum Gasteiger partial charge on any atom is -0.295 e. The first-order valence-electron chi connectivity index (χ1n) is 5.92. The number of hydrogen-bond donors (Lipinski definition) is 1. The first kappa shape index (κ1) is 13.7. The SMILES string of the molecule is Cc1cc(Cn2cc(C#N)c(=O)[nH]c2=O)cc(C)c1F. The van der Waals surface area contributed by atoms with Gasteiger partial charge in [0, 0.05) is 6.20 Å². The van der Waals surface area contributed by atoms with Gasteiger partial charge in [-0.1, -0.05) is 12.1 Å². The molecule has 2 aromatic rings. The smallest absolute Gasteiger partial charge is 0.295 e. The number of benzene rings is 1. The van der Waals surface area contributed by atoms with Gasteiger partial charge >= 0.3 is 5.69 Å². The van der Waals surface area contributed by atoms with Crippen molar-refractivity contribution in [1.82, 2.24) is 9.55 Å². The highest BCUT2D eigenvalue weighted by atomic mass is 19.1. The van der Waals surface area contributed by atoms with Gasteiger partial charge in [0.05, 0.1) is 6.54 Å². The average Bonchev–Trinajstić information content (AvgIpc) is 2.39. The molecule has 6 heteroatoms. The van der Waals surface area contributed by atoms with Crippen molar-refractivity contribution in [2.75, 3.05) is 0 Å². The van der Waals surface area contributed by atoms with Crippen LogP contribution in [0, 0.1) is 31.0 Å². The van der Waals surface area contributed by atoms with Crippen LogP contribution in [0.1, 0.15) is 22.3 Å². The summed E-state index contributed by atoms with van der Waals surface area (Å²) in [6, 6.07) is 4.98. The summed E-state index contributed by atoms with van der Waals surface area (Å²) in [5.41, 5.74) is 0.240. The fourth-order valence-corrected chi connectivity index (χ4v) is 2.03. The van der Waals surface area contributed by atoms with Crippen molar-refractivity contribution in [1.29, 1.82) is 5.26 Å². The second-order valence-electron chi connectivity index (χ2n) is 4.59. The number of H-pyrrole nitrogens is 1. The summed E-state index contributed by atoms with van der Waals surface area (Å²) >= 11 is 0. The molecule has 0 fully saturated rings. The van der Waals surface area contributed by atoms with Crippen LogP contribution in [0.3, 0.4) is 0 Å². The topological polar surface area (TPSA) is 78.7 Å². The van der Waals surface area contributed by atoms with E-state index >= 15 is 0 Å². The van der Waals surface area contributed by atoms with E-state index < -0.39 is 11.2 Å². The Morgan fingerprint density at radius 2 is 1.90 bits per heavy atom. The summed E-state index contributed by atoms with van der Waals surface area (Å²) in [6.45, 7) is 3.44. The number of aromatic nitrogens is 2. The summed E-state index contributed by atoms with van der Waals surface area (Å²) in [5, 5.41) is 8.79. The van der Waals surface area contributed by atoms with Gasteiger partial charge in [-0.25, -0.2) is 9.18 Å². The Morgan fingerprint density at radius 3 is 2.45 bits per heavy atom. The molecular formula is C14H12FN3O2. The molecule has 102 valence electrons. The van der Waals surface area contributed by atoms with Crippen molar-refractivity contribution in [3.63, 3.8) is 0 Å². The van der Waals surface area contributed by atoms with Gasteiger partial charge in [0.15, 0.2) is 0 Å². The fraction of sp³-hybridized carbons (Fsp3) is 0.214. The Balaban J connectivity index is 2.48. The predicted octanol–water partition coefficient (Wildman–Crippen LogP) is 1.21. The monoisotopic (exact) mass is 273 g/mol. The van der Waals surface area contributed by atoms with Crippen molar-refractivity contribution in [2.24, 2.45) is 0 Å². The molecule has 0 spiro atoms.